The van der Waals surface area contributed by atoms with Crippen molar-refractivity contribution in [3.63, 3.8) is 0 Å². The number of ether oxygens (including phenoxy) is 2. The molecule has 0 unspecified atom stereocenters. The third kappa shape index (κ3) is 4.15. The second-order valence-electron chi connectivity index (χ2n) is 8.70. The van der Waals surface area contributed by atoms with Crippen molar-refractivity contribution in [2.45, 2.75) is 78.6 Å². The first-order chi connectivity index (χ1) is 13.2. The maximum atomic E-state index is 11.0. The fraction of sp³-hybridized carbons (Fsp3) is 0.565. The van der Waals surface area contributed by atoms with E-state index in [2.05, 4.69) is 38.9 Å². The van der Waals surface area contributed by atoms with Crippen molar-refractivity contribution in [1.82, 2.24) is 0 Å². The first kappa shape index (κ1) is 21.0. The number of nitroso groups, excluding NO2 is 1. The summed E-state index contributed by atoms with van der Waals surface area (Å²) in [6, 6.07) is 4.28. The summed E-state index contributed by atoms with van der Waals surface area (Å²) >= 11 is 1.53. The molecular formula is C23H31NO3S. The summed E-state index contributed by atoms with van der Waals surface area (Å²) in [6.07, 6.45) is 0.872. The molecule has 0 fully saturated rings. The SMILES string of the molecule is CC(C)c1cc2c(c(C(C)C)c1CCOc1cc(C(C)(C)N=O)cs1)COC2. The van der Waals surface area contributed by atoms with Gasteiger partial charge in [0.05, 0.1) is 19.8 Å². The second kappa shape index (κ2) is 8.34. The lowest BCUT2D eigenvalue weighted by molar-refractivity contribution is 0.134. The van der Waals surface area contributed by atoms with Crippen LogP contribution in [-0.2, 0) is 29.9 Å². The molecule has 28 heavy (non-hydrogen) atoms. The minimum atomic E-state index is -0.715. The molecule has 0 aliphatic carbocycles. The highest BCUT2D eigenvalue weighted by Crippen LogP contribution is 2.37. The van der Waals surface area contributed by atoms with E-state index in [0.717, 1.165) is 30.3 Å². The zero-order valence-corrected chi connectivity index (χ0v) is 18.6. The van der Waals surface area contributed by atoms with Crippen molar-refractivity contribution in [3.8, 4) is 5.06 Å². The molecule has 2 aromatic rings. The number of thiophene rings is 1. The molecule has 1 aromatic heterocycles. The van der Waals surface area contributed by atoms with Crippen LogP contribution in [0.15, 0.2) is 22.7 Å². The molecule has 1 aromatic carbocycles. The zero-order chi connectivity index (χ0) is 20.5. The highest BCUT2D eigenvalue weighted by atomic mass is 32.1. The lowest BCUT2D eigenvalue weighted by Gasteiger charge is -2.23. The van der Waals surface area contributed by atoms with E-state index in [4.69, 9.17) is 9.47 Å². The van der Waals surface area contributed by atoms with Gasteiger partial charge in [-0.3, -0.25) is 0 Å². The molecule has 0 N–H and O–H groups in total. The summed E-state index contributed by atoms with van der Waals surface area (Å²) in [5.74, 6) is 0.920. The lowest BCUT2D eigenvalue weighted by atomic mass is 9.82. The van der Waals surface area contributed by atoms with Crippen LogP contribution < -0.4 is 4.74 Å². The van der Waals surface area contributed by atoms with E-state index in [1.54, 1.807) is 0 Å². The minimum absolute atomic E-state index is 0.456. The van der Waals surface area contributed by atoms with Gasteiger partial charge in [-0.2, -0.15) is 0 Å². The molecule has 0 saturated heterocycles. The Balaban J connectivity index is 1.82. The predicted octanol–water partition coefficient (Wildman–Crippen LogP) is 6.65. The Kier molecular flexibility index (Phi) is 6.25. The fourth-order valence-corrected chi connectivity index (χ4v) is 4.89. The Hall–Kier alpha value is -1.72. The summed E-state index contributed by atoms with van der Waals surface area (Å²) in [4.78, 5) is 11.0. The summed E-state index contributed by atoms with van der Waals surface area (Å²) in [6.45, 7) is 14.8. The van der Waals surface area contributed by atoms with Crippen LogP contribution in [0.1, 0.15) is 86.8 Å². The first-order valence-corrected chi connectivity index (χ1v) is 10.9. The summed E-state index contributed by atoms with van der Waals surface area (Å²) in [5, 5.41) is 6.02. The zero-order valence-electron chi connectivity index (χ0n) is 17.8. The van der Waals surface area contributed by atoms with Crippen LogP contribution in [-0.4, -0.2) is 6.61 Å². The van der Waals surface area contributed by atoms with Crippen molar-refractivity contribution in [1.29, 1.82) is 0 Å². The molecule has 2 heterocycles. The Labute approximate surface area is 172 Å². The highest BCUT2D eigenvalue weighted by Gasteiger charge is 2.25. The number of rotatable bonds is 8. The predicted molar refractivity (Wildman–Crippen MR) is 115 cm³/mol. The van der Waals surface area contributed by atoms with Crippen molar-refractivity contribution >= 4 is 11.3 Å². The second-order valence-corrected chi connectivity index (χ2v) is 9.57. The van der Waals surface area contributed by atoms with Crippen molar-refractivity contribution in [2.75, 3.05) is 6.61 Å². The molecule has 0 atom stereocenters. The van der Waals surface area contributed by atoms with E-state index in [1.165, 1.54) is 39.2 Å². The molecule has 152 valence electrons. The van der Waals surface area contributed by atoms with E-state index in [0.29, 0.717) is 18.4 Å². The molecule has 1 aliphatic rings. The number of nitrogens with zero attached hydrogens (tertiary/aromatic N) is 1. The first-order valence-electron chi connectivity index (χ1n) is 10.1. The average molecular weight is 402 g/mol. The van der Waals surface area contributed by atoms with Crippen LogP contribution in [0.4, 0.5) is 0 Å². The highest BCUT2D eigenvalue weighted by molar-refractivity contribution is 7.12. The molecule has 3 rings (SSSR count). The monoisotopic (exact) mass is 401 g/mol. The van der Waals surface area contributed by atoms with Gasteiger partial charge in [0.25, 0.3) is 0 Å². The molecular weight excluding hydrogens is 370 g/mol. The smallest absolute Gasteiger partial charge is 0.174 e. The van der Waals surface area contributed by atoms with E-state index in [1.807, 2.05) is 25.3 Å². The molecule has 0 bridgehead atoms. The Morgan fingerprint density at radius 2 is 1.93 bits per heavy atom. The van der Waals surface area contributed by atoms with Crippen molar-refractivity contribution in [3.05, 3.63) is 55.8 Å². The van der Waals surface area contributed by atoms with E-state index in [9.17, 15) is 4.91 Å². The van der Waals surface area contributed by atoms with Crippen molar-refractivity contribution in [2.24, 2.45) is 5.18 Å². The van der Waals surface area contributed by atoms with Gasteiger partial charge in [-0.05, 0) is 65.1 Å². The van der Waals surface area contributed by atoms with Gasteiger partial charge in [0.2, 0.25) is 0 Å². The van der Waals surface area contributed by atoms with Crippen molar-refractivity contribution < 1.29 is 9.47 Å². The van der Waals surface area contributed by atoms with Crippen LogP contribution in [0, 0.1) is 4.91 Å². The molecule has 5 heteroatoms. The standard InChI is InChI=1S/C23H31NO3S/c1-14(2)19-9-16-11-26-12-20(16)22(15(3)4)18(19)7-8-27-21-10-17(13-28-21)23(5,6)24-25/h9-10,13-15H,7-8,11-12H2,1-6H3. The lowest BCUT2D eigenvalue weighted by Crippen LogP contribution is -2.12. The average Bonchev–Trinajstić information content (AvgIpc) is 3.29. The van der Waals surface area contributed by atoms with Crippen LogP contribution in [0.2, 0.25) is 0 Å². The number of fused-ring (bicyclic) bond motifs is 1. The van der Waals surface area contributed by atoms with Gasteiger partial charge in [0.1, 0.15) is 5.54 Å². The van der Waals surface area contributed by atoms with Gasteiger partial charge in [-0.25, -0.2) is 0 Å². The maximum absolute atomic E-state index is 11.0. The Bertz CT molecular complexity index is 852. The van der Waals surface area contributed by atoms with Gasteiger partial charge in [-0.1, -0.05) is 38.9 Å². The Morgan fingerprint density at radius 1 is 1.18 bits per heavy atom. The molecule has 0 saturated carbocycles. The normalized spacial score (nSPS) is 14.0. The molecule has 0 radical (unpaired) electrons. The Morgan fingerprint density at radius 3 is 2.57 bits per heavy atom. The largest absolute Gasteiger partial charge is 0.484 e. The fourth-order valence-electron chi connectivity index (χ4n) is 3.95. The summed E-state index contributed by atoms with van der Waals surface area (Å²) in [7, 11) is 0. The third-order valence-electron chi connectivity index (χ3n) is 5.53. The van der Waals surface area contributed by atoms with Crippen LogP contribution in [0.25, 0.3) is 0 Å². The van der Waals surface area contributed by atoms with Crippen LogP contribution in [0.5, 0.6) is 5.06 Å². The van der Waals surface area contributed by atoms with Gasteiger partial charge in [-0.15, -0.1) is 16.2 Å². The summed E-state index contributed by atoms with van der Waals surface area (Å²) in [5.41, 5.74) is 7.20. The van der Waals surface area contributed by atoms with Gasteiger partial charge in [0, 0.05) is 11.8 Å². The van der Waals surface area contributed by atoms with Crippen LogP contribution in [0.3, 0.4) is 0 Å². The van der Waals surface area contributed by atoms with E-state index in [-0.39, 0.29) is 0 Å². The van der Waals surface area contributed by atoms with Gasteiger partial charge < -0.3 is 9.47 Å². The third-order valence-corrected chi connectivity index (χ3v) is 6.37. The molecule has 1 aliphatic heterocycles. The minimum Gasteiger partial charge on any atom is -0.484 e. The number of benzene rings is 1. The number of hydrogen-bond donors (Lipinski definition) is 0. The summed E-state index contributed by atoms with van der Waals surface area (Å²) < 4.78 is 11.8. The molecule has 0 amide bonds. The quantitative estimate of drug-likeness (QED) is 0.465. The number of hydrogen-bond acceptors (Lipinski definition) is 5. The van der Waals surface area contributed by atoms with E-state index >= 15 is 0 Å². The van der Waals surface area contributed by atoms with Gasteiger partial charge >= 0.3 is 0 Å². The van der Waals surface area contributed by atoms with Gasteiger partial charge in [0.15, 0.2) is 5.06 Å². The maximum Gasteiger partial charge on any atom is 0.174 e. The molecule has 4 nitrogen and oxygen atoms in total. The molecule has 0 spiro atoms. The topological polar surface area (TPSA) is 47.9 Å². The van der Waals surface area contributed by atoms with E-state index < -0.39 is 5.54 Å². The van der Waals surface area contributed by atoms with Crippen LogP contribution >= 0.6 is 11.3 Å².